The second kappa shape index (κ2) is 8.12. The lowest BCUT2D eigenvalue weighted by atomic mass is 10.3. The van der Waals surface area contributed by atoms with Crippen LogP contribution in [0.15, 0.2) is 36.7 Å². The van der Waals surface area contributed by atoms with Crippen LogP contribution in [0.25, 0.3) is 0 Å². The number of carbonyl (C=O) groups excluding carboxylic acids is 1. The van der Waals surface area contributed by atoms with Crippen LogP contribution in [0.2, 0.25) is 0 Å². The van der Waals surface area contributed by atoms with Gasteiger partial charge < -0.3 is 15.0 Å². The summed E-state index contributed by atoms with van der Waals surface area (Å²) in [5.74, 6) is 1.26. The first-order chi connectivity index (χ1) is 11.2. The smallest absolute Gasteiger partial charge is 0.275 e. The van der Waals surface area contributed by atoms with Gasteiger partial charge in [-0.25, -0.2) is 9.97 Å². The lowest BCUT2D eigenvalue weighted by Gasteiger charge is -2.18. The number of benzene rings is 1. The number of hydrogen-bond donors (Lipinski definition) is 1. The summed E-state index contributed by atoms with van der Waals surface area (Å²) in [4.78, 5) is 22.8. The van der Waals surface area contributed by atoms with Gasteiger partial charge in [0.25, 0.3) is 5.91 Å². The van der Waals surface area contributed by atoms with Gasteiger partial charge in [0, 0.05) is 18.8 Å². The molecule has 0 radical (unpaired) electrons. The number of nitrogens with one attached hydrogen (secondary N) is 1. The maximum Gasteiger partial charge on any atom is 0.275 e. The fraction of sp³-hybridized carbons (Fsp3) is 0.353. The fourth-order valence-corrected chi connectivity index (χ4v) is 2.15. The van der Waals surface area contributed by atoms with Gasteiger partial charge in [0.1, 0.15) is 17.3 Å². The first-order valence-corrected chi connectivity index (χ1v) is 7.79. The molecule has 1 amide bonds. The van der Waals surface area contributed by atoms with Crippen LogP contribution in [0.3, 0.4) is 0 Å². The summed E-state index contributed by atoms with van der Waals surface area (Å²) < 4.78 is 5.37. The monoisotopic (exact) mass is 314 g/mol. The molecule has 0 atom stereocenters. The van der Waals surface area contributed by atoms with E-state index in [0.717, 1.165) is 24.7 Å². The summed E-state index contributed by atoms with van der Waals surface area (Å²) in [6.45, 7) is 8.34. The highest BCUT2D eigenvalue weighted by molar-refractivity contribution is 6.02. The van der Waals surface area contributed by atoms with Gasteiger partial charge in [0.05, 0.1) is 19.0 Å². The van der Waals surface area contributed by atoms with Gasteiger partial charge in [-0.05, 0) is 45.0 Å². The molecule has 2 aromatic rings. The summed E-state index contributed by atoms with van der Waals surface area (Å²) in [5.41, 5.74) is 0.975. The van der Waals surface area contributed by atoms with E-state index in [0.29, 0.717) is 12.3 Å². The van der Waals surface area contributed by atoms with Crippen LogP contribution in [0.5, 0.6) is 5.75 Å². The van der Waals surface area contributed by atoms with Crippen LogP contribution in [0, 0.1) is 0 Å². The van der Waals surface area contributed by atoms with E-state index in [-0.39, 0.29) is 11.6 Å². The number of amides is 1. The van der Waals surface area contributed by atoms with Gasteiger partial charge in [-0.15, -0.1) is 0 Å². The second-order valence-corrected chi connectivity index (χ2v) is 4.84. The molecule has 122 valence electrons. The number of hydrogen-bond acceptors (Lipinski definition) is 5. The summed E-state index contributed by atoms with van der Waals surface area (Å²) in [6.07, 6.45) is 3.12. The number of ether oxygens (including phenoxy) is 1. The van der Waals surface area contributed by atoms with E-state index in [2.05, 4.69) is 34.0 Å². The van der Waals surface area contributed by atoms with Crippen molar-refractivity contribution in [2.24, 2.45) is 0 Å². The van der Waals surface area contributed by atoms with Crippen molar-refractivity contribution >= 4 is 17.4 Å². The van der Waals surface area contributed by atoms with E-state index in [1.807, 2.05) is 19.1 Å². The zero-order chi connectivity index (χ0) is 16.7. The van der Waals surface area contributed by atoms with Gasteiger partial charge >= 0.3 is 0 Å². The third-order valence-corrected chi connectivity index (χ3v) is 3.38. The minimum absolute atomic E-state index is 0.284. The maximum atomic E-state index is 12.2. The highest BCUT2D eigenvalue weighted by Gasteiger charge is 2.10. The summed E-state index contributed by atoms with van der Waals surface area (Å²) >= 11 is 0. The molecule has 1 N–H and O–H groups in total. The standard InChI is InChI=1S/C17H22N4O2/c1-4-21(5-2)16-12-18-15(11-19-16)17(22)20-13-7-9-14(10-8-13)23-6-3/h7-12H,4-6H2,1-3H3,(H,20,22). The van der Waals surface area contributed by atoms with Crippen LogP contribution in [-0.2, 0) is 0 Å². The van der Waals surface area contributed by atoms with E-state index in [1.165, 1.54) is 6.20 Å². The van der Waals surface area contributed by atoms with Crippen molar-refractivity contribution in [3.05, 3.63) is 42.4 Å². The van der Waals surface area contributed by atoms with E-state index < -0.39 is 0 Å². The molecule has 0 saturated carbocycles. The summed E-state index contributed by atoms with van der Waals surface area (Å²) in [6, 6.07) is 7.21. The Balaban J connectivity index is 2.02. The average Bonchev–Trinajstić information content (AvgIpc) is 2.58. The molecular weight excluding hydrogens is 292 g/mol. The molecule has 0 aliphatic carbocycles. The van der Waals surface area contributed by atoms with Crippen LogP contribution >= 0.6 is 0 Å². The normalized spacial score (nSPS) is 10.2. The summed E-state index contributed by atoms with van der Waals surface area (Å²) in [5, 5.41) is 2.79. The van der Waals surface area contributed by atoms with Crippen molar-refractivity contribution in [3.8, 4) is 5.75 Å². The molecule has 1 heterocycles. The Morgan fingerprint density at radius 2 is 1.78 bits per heavy atom. The first-order valence-electron chi connectivity index (χ1n) is 7.79. The summed E-state index contributed by atoms with van der Waals surface area (Å²) in [7, 11) is 0. The quantitative estimate of drug-likeness (QED) is 0.851. The number of carbonyl (C=O) groups is 1. The molecule has 0 aliphatic heterocycles. The minimum Gasteiger partial charge on any atom is -0.494 e. The molecule has 1 aromatic heterocycles. The highest BCUT2D eigenvalue weighted by Crippen LogP contribution is 2.16. The lowest BCUT2D eigenvalue weighted by Crippen LogP contribution is -2.23. The topological polar surface area (TPSA) is 67.3 Å². The van der Waals surface area contributed by atoms with Gasteiger partial charge in [-0.2, -0.15) is 0 Å². The number of nitrogens with zero attached hydrogens (tertiary/aromatic N) is 3. The molecule has 6 heteroatoms. The van der Waals surface area contributed by atoms with Crippen molar-refractivity contribution in [1.82, 2.24) is 9.97 Å². The lowest BCUT2D eigenvalue weighted by molar-refractivity contribution is 0.102. The van der Waals surface area contributed by atoms with E-state index >= 15 is 0 Å². The van der Waals surface area contributed by atoms with Crippen molar-refractivity contribution in [2.75, 3.05) is 29.9 Å². The van der Waals surface area contributed by atoms with Crippen molar-refractivity contribution in [1.29, 1.82) is 0 Å². The molecule has 0 aliphatic rings. The molecule has 0 unspecified atom stereocenters. The van der Waals surface area contributed by atoms with E-state index in [4.69, 9.17) is 4.74 Å². The molecule has 23 heavy (non-hydrogen) atoms. The predicted molar refractivity (Wildman–Crippen MR) is 91.2 cm³/mol. The van der Waals surface area contributed by atoms with Crippen LogP contribution in [-0.4, -0.2) is 35.6 Å². The zero-order valence-corrected chi connectivity index (χ0v) is 13.7. The predicted octanol–water partition coefficient (Wildman–Crippen LogP) is 2.97. The Morgan fingerprint density at radius 3 is 2.30 bits per heavy atom. The van der Waals surface area contributed by atoms with Crippen LogP contribution in [0.4, 0.5) is 11.5 Å². The van der Waals surface area contributed by atoms with Gasteiger partial charge in [-0.1, -0.05) is 0 Å². The first kappa shape index (κ1) is 16.7. The minimum atomic E-state index is -0.284. The van der Waals surface area contributed by atoms with E-state index in [9.17, 15) is 4.79 Å². The van der Waals surface area contributed by atoms with Crippen LogP contribution in [0.1, 0.15) is 31.3 Å². The highest BCUT2D eigenvalue weighted by atomic mass is 16.5. The maximum absolute atomic E-state index is 12.2. The third-order valence-electron chi connectivity index (χ3n) is 3.38. The Bertz CT molecular complexity index is 622. The number of rotatable bonds is 7. The molecule has 1 aromatic carbocycles. The second-order valence-electron chi connectivity index (χ2n) is 4.84. The van der Waals surface area contributed by atoms with Crippen molar-refractivity contribution < 1.29 is 9.53 Å². The fourth-order valence-electron chi connectivity index (χ4n) is 2.15. The van der Waals surface area contributed by atoms with Gasteiger partial charge in [0.15, 0.2) is 0 Å². The Kier molecular flexibility index (Phi) is 5.91. The Labute approximate surface area is 136 Å². The Hall–Kier alpha value is -2.63. The molecule has 6 nitrogen and oxygen atoms in total. The SMILES string of the molecule is CCOc1ccc(NC(=O)c2cnc(N(CC)CC)cn2)cc1. The molecule has 2 rings (SSSR count). The Morgan fingerprint density at radius 1 is 1.09 bits per heavy atom. The van der Waals surface area contributed by atoms with Crippen LogP contribution < -0.4 is 15.0 Å². The van der Waals surface area contributed by atoms with Crippen molar-refractivity contribution in [3.63, 3.8) is 0 Å². The van der Waals surface area contributed by atoms with Gasteiger partial charge in [0.2, 0.25) is 0 Å². The molecular formula is C17H22N4O2. The number of anilines is 2. The molecule has 0 saturated heterocycles. The molecule has 0 spiro atoms. The number of aromatic nitrogens is 2. The van der Waals surface area contributed by atoms with Crippen molar-refractivity contribution in [2.45, 2.75) is 20.8 Å². The molecule has 0 fully saturated rings. The third kappa shape index (κ3) is 4.42. The zero-order valence-electron chi connectivity index (χ0n) is 13.7. The van der Waals surface area contributed by atoms with E-state index in [1.54, 1.807) is 18.3 Å². The molecule has 0 bridgehead atoms. The average molecular weight is 314 g/mol. The largest absolute Gasteiger partial charge is 0.494 e. The van der Waals surface area contributed by atoms with Gasteiger partial charge in [-0.3, -0.25) is 4.79 Å².